The average molecular weight is 376 g/mol. The molecule has 144 valence electrons. The van der Waals surface area contributed by atoms with Crippen molar-refractivity contribution in [1.82, 2.24) is 15.2 Å². The minimum absolute atomic E-state index is 0.283. The van der Waals surface area contributed by atoms with Crippen molar-refractivity contribution in [2.75, 3.05) is 6.54 Å². The lowest BCUT2D eigenvalue weighted by molar-refractivity contribution is 0.0965. The van der Waals surface area contributed by atoms with Gasteiger partial charge in [0.25, 0.3) is 5.91 Å². The summed E-state index contributed by atoms with van der Waals surface area (Å²) in [6.45, 7) is 9.98. The molecule has 0 aromatic carbocycles. The van der Waals surface area contributed by atoms with Crippen molar-refractivity contribution < 1.29 is 4.79 Å². The van der Waals surface area contributed by atoms with Crippen LogP contribution in [0.15, 0.2) is 64.2 Å². The second kappa shape index (κ2) is 9.03. The fourth-order valence-corrected chi connectivity index (χ4v) is 2.88. The van der Waals surface area contributed by atoms with Crippen molar-refractivity contribution in [3.8, 4) is 0 Å². The highest BCUT2D eigenvalue weighted by Crippen LogP contribution is 2.26. The van der Waals surface area contributed by atoms with Crippen LogP contribution in [0.1, 0.15) is 42.2 Å². The molecule has 1 aromatic heterocycles. The zero-order valence-electron chi connectivity index (χ0n) is 16.0. The molecule has 7 heteroatoms. The third kappa shape index (κ3) is 4.88. The maximum Gasteiger partial charge on any atom is 0.273 e. The Morgan fingerprint density at radius 2 is 2.29 bits per heavy atom. The van der Waals surface area contributed by atoms with E-state index in [-0.39, 0.29) is 5.91 Å². The summed E-state index contributed by atoms with van der Waals surface area (Å²) in [5.41, 5.74) is 3.67. The number of allylic oxidation sites excluding steroid dienone is 4. The molecule has 0 unspecified atom stereocenters. The Bertz CT molecular complexity index is 892. The summed E-state index contributed by atoms with van der Waals surface area (Å²) in [5, 5.41) is 11.0. The van der Waals surface area contributed by atoms with Gasteiger partial charge in [-0.3, -0.25) is 14.8 Å². The first-order chi connectivity index (χ1) is 13.6. The fraction of sp³-hybridized carbons (Fsp3) is 0.286. The van der Waals surface area contributed by atoms with Gasteiger partial charge in [-0.15, -0.1) is 5.10 Å². The van der Waals surface area contributed by atoms with E-state index in [1.54, 1.807) is 30.9 Å². The Morgan fingerprint density at radius 3 is 3.00 bits per heavy atom. The van der Waals surface area contributed by atoms with E-state index >= 15 is 0 Å². The van der Waals surface area contributed by atoms with E-state index in [9.17, 15) is 4.79 Å². The predicted molar refractivity (Wildman–Crippen MR) is 113 cm³/mol. The molecule has 1 fully saturated rings. The third-order valence-electron chi connectivity index (χ3n) is 4.60. The van der Waals surface area contributed by atoms with Crippen LogP contribution in [0.5, 0.6) is 0 Å². The van der Waals surface area contributed by atoms with Crippen molar-refractivity contribution in [2.45, 2.75) is 32.2 Å². The van der Waals surface area contributed by atoms with E-state index in [1.807, 2.05) is 19.1 Å². The Balaban J connectivity index is 1.57. The summed E-state index contributed by atoms with van der Waals surface area (Å²) >= 11 is 0. The van der Waals surface area contributed by atoms with Crippen LogP contribution >= 0.6 is 0 Å². The lowest BCUT2D eigenvalue weighted by atomic mass is 10.0. The molecule has 1 saturated carbocycles. The molecule has 2 heterocycles. The number of hydrogen-bond acceptors (Lipinski definition) is 6. The number of pyridine rings is 1. The van der Waals surface area contributed by atoms with Gasteiger partial charge in [-0.1, -0.05) is 18.7 Å². The van der Waals surface area contributed by atoms with Gasteiger partial charge in [0.15, 0.2) is 0 Å². The van der Waals surface area contributed by atoms with Gasteiger partial charge >= 0.3 is 0 Å². The van der Waals surface area contributed by atoms with Gasteiger partial charge in [0, 0.05) is 36.1 Å². The van der Waals surface area contributed by atoms with Crippen LogP contribution in [-0.4, -0.2) is 47.1 Å². The van der Waals surface area contributed by atoms with Gasteiger partial charge in [-0.2, -0.15) is 5.10 Å². The van der Waals surface area contributed by atoms with Gasteiger partial charge in [-0.25, -0.2) is 0 Å². The maximum absolute atomic E-state index is 12.4. The number of nitrogens with zero attached hydrogens (tertiary/aromatic N) is 5. The summed E-state index contributed by atoms with van der Waals surface area (Å²) in [6.07, 6.45) is 11.7. The van der Waals surface area contributed by atoms with E-state index in [1.165, 1.54) is 12.8 Å². The van der Waals surface area contributed by atoms with Crippen molar-refractivity contribution in [1.29, 1.82) is 0 Å². The van der Waals surface area contributed by atoms with Gasteiger partial charge in [-0.05, 0) is 44.2 Å². The van der Waals surface area contributed by atoms with Gasteiger partial charge in [0.05, 0.1) is 12.3 Å². The Kier molecular flexibility index (Phi) is 6.26. The topological polar surface area (TPSA) is 82.3 Å². The van der Waals surface area contributed by atoms with Crippen LogP contribution in [0.3, 0.4) is 0 Å². The predicted octanol–water partition coefficient (Wildman–Crippen LogP) is 3.20. The number of rotatable bonds is 8. The van der Waals surface area contributed by atoms with Crippen LogP contribution in [0, 0.1) is 0 Å². The van der Waals surface area contributed by atoms with Crippen LogP contribution in [-0.2, 0) is 0 Å². The zero-order valence-corrected chi connectivity index (χ0v) is 16.0. The van der Waals surface area contributed by atoms with Crippen molar-refractivity contribution in [3.63, 3.8) is 0 Å². The lowest BCUT2D eigenvalue weighted by Crippen LogP contribution is -2.32. The molecule has 1 aliphatic carbocycles. The standard InChI is InChI=1S/C21H24N6O/c1-4-19(15(2)22-3)16-9-11-23-20(12-16)21(28)24-10-5-6-17-13-27(14-25-26-17)18-7-8-18/h4-5,9-12,14,18H,1,3,6-8,13H2,2H3,(H,24,28)/b10-5+,19-15+. The first-order valence-electron chi connectivity index (χ1n) is 9.19. The fourth-order valence-electron chi connectivity index (χ4n) is 2.88. The molecule has 1 N–H and O–H groups in total. The maximum atomic E-state index is 12.4. The summed E-state index contributed by atoms with van der Waals surface area (Å²) in [6, 6.07) is 4.14. The molecular weight excluding hydrogens is 352 g/mol. The number of nitrogens with one attached hydrogen (secondary N) is 1. The lowest BCUT2D eigenvalue weighted by Gasteiger charge is -2.21. The second-order valence-electron chi connectivity index (χ2n) is 6.67. The highest BCUT2D eigenvalue weighted by molar-refractivity contribution is 5.94. The van der Waals surface area contributed by atoms with Gasteiger partial charge in [0.1, 0.15) is 12.0 Å². The zero-order chi connectivity index (χ0) is 19.9. The largest absolute Gasteiger partial charge is 0.352 e. The number of hydrogen-bond donors (Lipinski definition) is 1. The summed E-state index contributed by atoms with van der Waals surface area (Å²) in [7, 11) is 0. The molecule has 0 saturated heterocycles. The third-order valence-corrected chi connectivity index (χ3v) is 4.60. The SMILES string of the molecule is C=C/C(=C(/C)N=C)c1ccnc(C(=O)N/C=C/CC2=NN=CN(C3CC3)C2)c1. The molecule has 28 heavy (non-hydrogen) atoms. The number of amides is 1. The van der Waals surface area contributed by atoms with Crippen molar-refractivity contribution in [3.05, 3.63) is 60.2 Å². The van der Waals surface area contributed by atoms with Crippen molar-refractivity contribution >= 4 is 30.2 Å². The Morgan fingerprint density at radius 1 is 1.46 bits per heavy atom. The highest BCUT2D eigenvalue weighted by atomic mass is 16.1. The smallest absolute Gasteiger partial charge is 0.273 e. The molecule has 0 spiro atoms. The molecule has 1 aromatic rings. The van der Waals surface area contributed by atoms with Gasteiger partial charge in [0.2, 0.25) is 0 Å². The quantitative estimate of drug-likeness (QED) is 0.559. The van der Waals surface area contributed by atoms with Crippen LogP contribution in [0.2, 0.25) is 0 Å². The molecule has 0 atom stereocenters. The Labute approximate surface area is 165 Å². The van der Waals surface area contributed by atoms with Crippen LogP contribution in [0.25, 0.3) is 5.57 Å². The first-order valence-corrected chi connectivity index (χ1v) is 9.19. The van der Waals surface area contributed by atoms with E-state index in [0.717, 1.165) is 29.1 Å². The molecular formula is C21H24N6O. The first kappa shape index (κ1) is 19.4. The number of carbonyl (C=O) groups is 1. The van der Waals surface area contributed by atoms with E-state index < -0.39 is 0 Å². The minimum Gasteiger partial charge on any atom is -0.352 e. The normalized spacial score (nSPS) is 17.2. The highest BCUT2D eigenvalue weighted by Gasteiger charge is 2.28. The number of carbonyl (C=O) groups excluding carboxylic acids is 1. The summed E-state index contributed by atoms with van der Waals surface area (Å²) in [4.78, 5) is 22.7. The van der Waals surface area contributed by atoms with Gasteiger partial charge < -0.3 is 10.2 Å². The summed E-state index contributed by atoms with van der Waals surface area (Å²) in [5.74, 6) is -0.283. The molecule has 3 rings (SSSR count). The van der Waals surface area contributed by atoms with Crippen molar-refractivity contribution in [2.24, 2.45) is 15.2 Å². The molecule has 2 aliphatic rings. The summed E-state index contributed by atoms with van der Waals surface area (Å²) < 4.78 is 0. The molecule has 1 aliphatic heterocycles. The number of aromatic nitrogens is 1. The second-order valence-corrected chi connectivity index (χ2v) is 6.67. The monoisotopic (exact) mass is 376 g/mol. The molecule has 1 amide bonds. The van der Waals surface area contributed by atoms with E-state index in [2.05, 4.69) is 43.7 Å². The van der Waals surface area contributed by atoms with E-state index in [4.69, 9.17) is 0 Å². The van der Waals surface area contributed by atoms with Crippen LogP contribution < -0.4 is 5.32 Å². The number of aliphatic imine (C=N–C) groups is 1. The van der Waals surface area contributed by atoms with E-state index in [0.29, 0.717) is 18.2 Å². The molecule has 0 bridgehead atoms. The Hall–Kier alpha value is -3.35. The average Bonchev–Trinajstić information content (AvgIpc) is 3.57. The molecule has 7 nitrogen and oxygen atoms in total. The van der Waals surface area contributed by atoms with Crippen LogP contribution in [0.4, 0.5) is 0 Å². The minimum atomic E-state index is -0.283. The molecule has 0 radical (unpaired) electrons.